The van der Waals surface area contributed by atoms with E-state index >= 15 is 0 Å². The highest BCUT2D eigenvalue weighted by molar-refractivity contribution is 7.98. The van der Waals surface area contributed by atoms with Crippen LogP contribution in [0, 0.1) is 10.1 Å². The molecule has 1 aromatic carbocycles. The van der Waals surface area contributed by atoms with Crippen LogP contribution in [-0.2, 0) is 4.79 Å². The average molecular weight is 280 g/mol. The average Bonchev–Trinajstić information content (AvgIpc) is 2.80. The minimum atomic E-state index is -0.959. The van der Waals surface area contributed by atoms with Crippen LogP contribution in [0.1, 0.15) is 18.4 Å². The number of H-pyrrole nitrogens is 1. The Balaban J connectivity index is 2.78. The van der Waals surface area contributed by atoms with Crippen molar-refractivity contribution in [2.45, 2.75) is 17.7 Å². The van der Waals surface area contributed by atoms with Crippen LogP contribution in [0.15, 0.2) is 23.2 Å². The molecule has 1 atom stereocenters. The number of carbonyl (C=O) groups is 1. The lowest BCUT2D eigenvalue weighted by atomic mass is 10.0. The molecule has 1 unspecified atom stereocenters. The van der Waals surface area contributed by atoms with Gasteiger partial charge in [-0.3, -0.25) is 14.9 Å². The molecule has 0 radical (unpaired) electrons. The molecule has 0 aliphatic heterocycles. The first kappa shape index (κ1) is 13.4. The van der Waals surface area contributed by atoms with Gasteiger partial charge in [-0.1, -0.05) is 0 Å². The quantitative estimate of drug-likeness (QED) is 0.510. The molecule has 7 heteroatoms. The molecule has 100 valence electrons. The normalized spacial score (nSPS) is 12.5. The SMILES string of the molecule is CSc1ccc([N+](=O)[O-])c2[nH]cc(C(C)C(=O)O)c12. The van der Waals surface area contributed by atoms with Crippen LogP contribution in [0.3, 0.4) is 0 Å². The molecular formula is C12H12N2O4S. The zero-order chi connectivity index (χ0) is 14.2. The Labute approximate surface area is 113 Å². The predicted molar refractivity (Wildman–Crippen MR) is 72.8 cm³/mol. The molecule has 19 heavy (non-hydrogen) atoms. The second kappa shape index (κ2) is 4.93. The number of non-ortho nitro benzene ring substituents is 1. The minimum absolute atomic E-state index is 0.0448. The van der Waals surface area contributed by atoms with E-state index in [1.54, 1.807) is 13.0 Å². The van der Waals surface area contributed by atoms with Crippen LogP contribution in [0.25, 0.3) is 10.9 Å². The highest BCUT2D eigenvalue weighted by Crippen LogP contribution is 2.37. The molecule has 6 nitrogen and oxygen atoms in total. The smallest absolute Gasteiger partial charge is 0.310 e. The number of nitro groups is 1. The summed E-state index contributed by atoms with van der Waals surface area (Å²) in [5.41, 5.74) is 0.895. The lowest BCUT2D eigenvalue weighted by Gasteiger charge is -2.07. The van der Waals surface area contributed by atoms with Gasteiger partial charge in [-0.15, -0.1) is 11.8 Å². The fourth-order valence-electron chi connectivity index (χ4n) is 2.02. The highest BCUT2D eigenvalue weighted by Gasteiger charge is 2.24. The van der Waals surface area contributed by atoms with E-state index < -0.39 is 16.8 Å². The fourth-order valence-corrected chi connectivity index (χ4v) is 2.65. The zero-order valence-electron chi connectivity index (χ0n) is 10.3. The summed E-state index contributed by atoms with van der Waals surface area (Å²) < 4.78 is 0. The van der Waals surface area contributed by atoms with Gasteiger partial charge in [0.2, 0.25) is 0 Å². The molecule has 0 fully saturated rings. The number of fused-ring (bicyclic) bond motifs is 1. The third-order valence-electron chi connectivity index (χ3n) is 3.06. The number of hydrogen-bond acceptors (Lipinski definition) is 4. The maximum atomic E-state index is 11.1. The number of hydrogen-bond donors (Lipinski definition) is 2. The van der Waals surface area contributed by atoms with Crippen molar-refractivity contribution in [2.75, 3.05) is 6.26 Å². The number of nitrogens with one attached hydrogen (secondary N) is 1. The second-order valence-corrected chi connectivity index (χ2v) is 4.95. The molecule has 0 aliphatic rings. The maximum Gasteiger partial charge on any atom is 0.310 e. The van der Waals surface area contributed by atoms with Gasteiger partial charge >= 0.3 is 5.97 Å². The Hall–Kier alpha value is -2.02. The molecule has 0 bridgehead atoms. The monoisotopic (exact) mass is 280 g/mol. The Morgan fingerprint density at radius 2 is 2.21 bits per heavy atom. The summed E-state index contributed by atoms with van der Waals surface area (Å²) in [6.07, 6.45) is 3.39. The van der Waals surface area contributed by atoms with Gasteiger partial charge in [0.25, 0.3) is 5.69 Å². The van der Waals surface area contributed by atoms with E-state index in [0.29, 0.717) is 16.5 Å². The van der Waals surface area contributed by atoms with Crippen LogP contribution >= 0.6 is 11.8 Å². The summed E-state index contributed by atoms with van der Waals surface area (Å²) in [6, 6.07) is 3.08. The van der Waals surface area contributed by atoms with Crippen LogP contribution in [0.2, 0.25) is 0 Å². The number of aromatic nitrogens is 1. The summed E-state index contributed by atoms with van der Waals surface area (Å²) in [6.45, 7) is 1.56. The maximum absolute atomic E-state index is 11.1. The summed E-state index contributed by atoms with van der Waals surface area (Å²) in [7, 11) is 0. The first-order chi connectivity index (χ1) is 8.97. The van der Waals surface area contributed by atoms with Crippen molar-refractivity contribution in [3.63, 3.8) is 0 Å². The van der Waals surface area contributed by atoms with E-state index in [2.05, 4.69) is 4.98 Å². The largest absolute Gasteiger partial charge is 0.481 e. The van der Waals surface area contributed by atoms with Gasteiger partial charge in [0, 0.05) is 22.5 Å². The number of carboxylic acid groups (broad SMARTS) is 1. The molecule has 0 aliphatic carbocycles. The Morgan fingerprint density at radius 1 is 1.53 bits per heavy atom. The highest BCUT2D eigenvalue weighted by atomic mass is 32.2. The van der Waals surface area contributed by atoms with Crippen molar-refractivity contribution in [2.24, 2.45) is 0 Å². The van der Waals surface area contributed by atoms with E-state index in [0.717, 1.165) is 4.90 Å². The van der Waals surface area contributed by atoms with Crippen molar-refractivity contribution in [1.29, 1.82) is 0 Å². The van der Waals surface area contributed by atoms with Crippen molar-refractivity contribution in [3.8, 4) is 0 Å². The van der Waals surface area contributed by atoms with Gasteiger partial charge in [-0.2, -0.15) is 0 Å². The lowest BCUT2D eigenvalue weighted by molar-refractivity contribution is -0.383. The van der Waals surface area contributed by atoms with Gasteiger partial charge in [0.1, 0.15) is 5.52 Å². The predicted octanol–water partition coefficient (Wildman–Crippen LogP) is 2.99. The van der Waals surface area contributed by atoms with Gasteiger partial charge in [-0.25, -0.2) is 0 Å². The summed E-state index contributed by atoms with van der Waals surface area (Å²) >= 11 is 1.43. The van der Waals surface area contributed by atoms with Crippen LogP contribution in [-0.4, -0.2) is 27.2 Å². The molecule has 0 spiro atoms. The molecule has 2 aromatic rings. The Morgan fingerprint density at radius 3 is 2.74 bits per heavy atom. The zero-order valence-corrected chi connectivity index (χ0v) is 11.2. The first-order valence-corrected chi connectivity index (χ1v) is 6.75. The van der Waals surface area contributed by atoms with Gasteiger partial charge < -0.3 is 10.1 Å². The molecule has 0 amide bonds. The third kappa shape index (κ3) is 2.17. The van der Waals surface area contributed by atoms with Gasteiger partial charge in [0.15, 0.2) is 0 Å². The third-order valence-corrected chi connectivity index (χ3v) is 3.84. The molecule has 0 saturated carbocycles. The topological polar surface area (TPSA) is 96.2 Å². The van der Waals surface area contributed by atoms with Crippen LogP contribution in [0.5, 0.6) is 0 Å². The van der Waals surface area contributed by atoms with Crippen molar-refractivity contribution in [1.82, 2.24) is 4.98 Å². The minimum Gasteiger partial charge on any atom is -0.481 e. The van der Waals surface area contributed by atoms with E-state index in [1.165, 1.54) is 24.0 Å². The summed E-state index contributed by atoms with van der Waals surface area (Å²) in [5.74, 6) is -1.68. The molecule has 2 rings (SSSR count). The van der Waals surface area contributed by atoms with E-state index in [9.17, 15) is 14.9 Å². The van der Waals surface area contributed by atoms with Crippen molar-refractivity contribution >= 4 is 34.3 Å². The van der Waals surface area contributed by atoms with Gasteiger partial charge in [0.05, 0.1) is 10.8 Å². The molecule has 1 heterocycles. The number of aromatic amines is 1. The summed E-state index contributed by atoms with van der Waals surface area (Å²) in [4.78, 5) is 25.3. The number of nitro benzene ring substituents is 1. The molecule has 2 N–H and O–H groups in total. The Bertz CT molecular complexity index is 665. The number of nitrogens with zero attached hydrogens (tertiary/aromatic N) is 1. The van der Waals surface area contributed by atoms with E-state index in [4.69, 9.17) is 5.11 Å². The van der Waals surface area contributed by atoms with Crippen molar-refractivity contribution in [3.05, 3.63) is 34.0 Å². The lowest BCUT2D eigenvalue weighted by Crippen LogP contribution is -2.06. The molecule has 1 aromatic heterocycles. The number of aliphatic carboxylic acids is 1. The number of rotatable bonds is 4. The first-order valence-electron chi connectivity index (χ1n) is 5.52. The van der Waals surface area contributed by atoms with Gasteiger partial charge in [-0.05, 0) is 24.8 Å². The number of carboxylic acids is 1. The van der Waals surface area contributed by atoms with Crippen molar-refractivity contribution < 1.29 is 14.8 Å². The fraction of sp³-hybridized carbons (Fsp3) is 0.250. The van der Waals surface area contributed by atoms with E-state index in [-0.39, 0.29) is 5.69 Å². The van der Waals surface area contributed by atoms with Crippen LogP contribution in [0.4, 0.5) is 5.69 Å². The number of benzene rings is 1. The standard InChI is InChI=1S/C12H12N2O4S/c1-6(12(15)16)7-5-13-11-8(14(17)18)3-4-9(19-2)10(7)11/h3-6,13H,1-2H3,(H,15,16). The molecule has 0 saturated heterocycles. The molecular weight excluding hydrogens is 268 g/mol. The number of thioether (sulfide) groups is 1. The second-order valence-electron chi connectivity index (χ2n) is 4.10. The summed E-state index contributed by atoms with van der Waals surface area (Å²) in [5, 5.41) is 20.7. The Kier molecular flexibility index (Phi) is 3.48. The van der Waals surface area contributed by atoms with Crippen LogP contribution < -0.4 is 0 Å². The van der Waals surface area contributed by atoms with E-state index in [1.807, 2.05) is 6.26 Å².